The van der Waals surface area contributed by atoms with Crippen molar-refractivity contribution in [3.8, 4) is 0 Å². The third kappa shape index (κ3) is 12.0. The van der Waals surface area contributed by atoms with Crippen LogP contribution >= 0.6 is 0 Å². The molecule has 17 heteroatoms. The van der Waals surface area contributed by atoms with E-state index in [0.717, 1.165) is 0 Å². The van der Waals surface area contributed by atoms with Crippen LogP contribution in [-0.2, 0) is 19.1 Å². The minimum Gasteiger partial charge on any atom is -0.444 e. The highest BCUT2D eigenvalue weighted by Crippen LogP contribution is 2.23. The lowest BCUT2D eigenvalue weighted by molar-refractivity contribution is -0.132. The zero-order valence-electron chi connectivity index (χ0n) is 28.4. The number of nitrogens with two attached hydrogens (primary N) is 4. The number of nitrogens with zero attached hydrogens (tertiary/aromatic N) is 3. The third-order valence-electron chi connectivity index (χ3n) is 7.56. The molecule has 0 aliphatic carbocycles. The second-order valence-corrected chi connectivity index (χ2v) is 12.8. The van der Waals surface area contributed by atoms with Crippen LogP contribution in [0.5, 0.6) is 0 Å². The fraction of sp³-hybridized carbons (Fsp3) is 0.531. The molecule has 1 aliphatic rings. The Morgan fingerprint density at radius 3 is 2.16 bits per heavy atom. The molecule has 0 saturated carbocycles. The Balaban J connectivity index is 1.81. The van der Waals surface area contributed by atoms with E-state index in [9.17, 15) is 24.0 Å². The van der Waals surface area contributed by atoms with E-state index in [1.165, 1.54) is 17.0 Å². The highest BCUT2D eigenvalue weighted by atomic mass is 16.6. The number of guanidine groups is 2. The molecule has 17 nitrogen and oxygen atoms in total. The van der Waals surface area contributed by atoms with Crippen molar-refractivity contribution in [2.24, 2.45) is 32.9 Å². The number of hydrogen-bond acceptors (Lipinski definition) is 9. The SMILES string of the molecule is Cc1cc(=O)oc2cc(NC(=O)[C@H](CCCN=C(N)N)NC(=O)[C@H](CCCN=C(N)N)NC(=O)[C@@H]3CCCN3C(=O)OC(C)(C)C)ccc12. The number of rotatable bonds is 14. The van der Waals surface area contributed by atoms with Crippen LogP contribution in [0.25, 0.3) is 11.0 Å². The van der Waals surface area contributed by atoms with Gasteiger partial charge in [-0.15, -0.1) is 0 Å². The van der Waals surface area contributed by atoms with E-state index < -0.39 is 53.2 Å². The van der Waals surface area contributed by atoms with Gasteiger partial charge in [-0.2, -0.15) is 0 Å². The average Bonchev–Trinajstić information content (AvgIpc) is 3.49. The summed E-state index contributed by atoms with van der Waals surface area (Å²) in [6, 6.07) is 3.22. The van der Waals surface area contributed by atoms with Crippen LogP contribution in [0, 0.1) is 6.92 Å². The van der Waals surface area contributed by atoms with Gasteiger partial charge in [-0.1, -0.05) is 0 Å². The van der Waals surface area contributed by atoms with Gasteiger partial charge in [0.25, 0.3) is 0 Å². The molecule has 0 spiro atoms. The first-order valence-corrected chi connectivity index (χ1v) is 16.1. The van der Waals surface area contributed by atoms with Gasteiger partial charge < -0.3 is 48.0 Å². The summed E-state index contributed by atoms with van der Waals surface area (Å²) in [5.41, 5.74) is 21.8. The van der Waals surface area contributed by atoms with Crippen molar-refractivity contribution in [3.05, 3.63) is 40.2 Å². The van der Waals surface area contributed by atoms with E-state index in [4.69, 9.17) is 32.1 Å². The summed E-state index contributed by atoms with van der Waals surface area (Å²) in [4.78, 5) is 74.8. The highest BCUT2D eigenvalue weighted by molar-refractivity contribution is 6.00. The van der Waals surface area contributed by atoms with Crippen LogP contribution in [0.2, 0.25) is 0 Å². The van der Waals surface area contributed by atoms with E-state index in [1.807, 2.05) is 0 Å². The Labute approximate surface area is 284 Å². The zero-order chi connectivity index (χ0) is 36.3. The lowest BCUT2D eigenvalue weighted by atomic mass is 10.1. The number of aryl methyl sites for hydroxylation is 1. The normalized spacial score (nSPS) is 15.5. The molecule has 2 heterocycles. The summed E-state index contributed by atoms with van der Waals surface area (Å²) in [6.07, 6.45) is 1.25. The van der Waals surface area contributed by atoms with E-state index in [2.05, 4.69) is 25.9 Å². The Morgan fingerprint density at radius 1 is 0.959 bits per heavy atom. The quantitative estimate of drug-likeness (QED) is 0.0623. The highest BCUT2D eigenvalue weighted by Gasteiger charge is 2.38. The molecule has 268 valence electrons. The monoisotopic (exact) mass is 684 g/mol. The van der Waals surface area contributed by atoms with Gasteiger partial charge in [0, 0.05) is 42.8 Å². The Morgan fingerprint density at radius 2 is 1.57 bits per heavy atom. The van der Waals surface area contributed by atoms with Gasteiger partial charge in [0.1, 0.15) is 29.3 Å². The van der Waals surface area contributed by atoms with Crippen molar-refractivity contribution in [2.45, 2.75) is 89.9 Å². The van der Waals surface area contributed by atoms with E-state index >= 15 is 0 Å². The largest absolute Gasteiger partial charge is 0.444 e. The number of nitrogens with one attached hydrogen (secondary N) is 3. The van der Waals surface area contributed by atoms with E-state index in [0.29, 0.717) is 48.9 Å². The number of fused-ring (bicyclic) bond motifs is 1. The number of carbonyl (C=O) groups is 4. The molecule has 4 amide bonds. The molecule has 2 aromatic rings. The number of amides is 4. The molecule has 0 unspecified atom stereocenters. The molecule has 3 rings (SSSR count). The molecule has 3 atom stereocenters. The molecule has 1 aromatic carbocycles. The predicted octanol–water partition coefficient (Wildman–Crippen LogP) is 0.516. The third-order valence-corrected chi connectivity index (χ3v) is 7.56. The maximum absolute atomic E-state index is 13.8. The molecule has 1 aromatic heterocycles. The van der Waals surface area contributed by atoms with Crippen molar-refractivity contribution in [2.75, 3.05) is 25.0 Å². The summed E-state index contributed by atoms with van der Waals surface area (Å²) in [7, 11) is 0. The van der Waals surface area contributed by atoms with E-state index in [1.54, 1.807) is 39.8 Å². The summed E-state index contributed by atoms with van der Waals surface area (Å²) in [6.45, 7) is 7.68. The standard InChI is InChI=1S/C32H48N10O7/c1-18-16-25(43)48-24-17-19(11-12-20(18)24)39-26(44)21(8-5-13-37-29(33)34)40-27(45)22(9-6-14-38-30(35)36)41-28(46)23-10-7-15-42(23)31(47)49-32(2,3)4/h11-12,16-17,21-23H,5-10,13-15H2,1-4H3,(H,39,44)(H,40,45)(H,41,46)(H4,33,34,37)(H4,35,36,38)/t21-,22-,23-/m0/s1. The molecule has 11 N–H and O–H groups in total. The summed E-state index contributed by atoms with van der Waals surface area (Å²) in [5, 5.41) is 8.97. The van der Waals surface area contributed by atoms with Crippen LogP contribution in [0.3, 0.4) is 0 Å². The summed E-state index contributed by atoms with van der Waals surface area (Å²) < 4.78 is 10.8. The Hall–Kier alpha value is -5.35. The lowest BCUT2D eigenvalue weighted by Gasteiger charge is -2.29. The minimum atomic E-state index is -1.10. The first-order valence-electron chi connectivity index (χ1n) is 16.1. The number of anilines is 1. The molecule has 1 saturated heterocycles. The van der Waals surface area contributed by atoms with Crippen LogP contribution in [0.1, 0.15) is 64.9 Å². The molecule has 0 radical (unpaired) electrons. The van der Waals surface area contributed by atoms with Crippen molar-refractivity contribution < 1.29 is 28.3 Å². The summed E-state index contributed by atoms with van der Waals surface area (Å²) >= 11 is 0. The fourth-order valence-electron chi connectivity index (χ4n) is 5.30. The second kappa shape index (κ2) is 17.2. The number of benzene rings is 1. The lowest BCUT2D eigenvalue weighted by Crippen LogP contribution is -2.56. The number of carbonyl (C=O) groups excluding carboxylic acids is 4. The zero-order valence-corrected chi connectivity index (χ0v) is 28.4. The molecule has 1 aliphatic heterocycles. The topological polar surface area (TPSA) is 276 Å². The first-order chi connectivity index (χ1) is 23.0. The van der Waals surface area contributed by atoms with Crippen LogP contribution in [0.15, 0.2) is 43.5 Å². The number of hydrogen-bond donors (Lipinski definition) is 7. The Kier molecular flexibility index (Phi) is 13.3. The second-order valence-electron chi connectivity index (χ2n) is 12.8. The van der Waals surface area contributed by atoms with Gasteiger partial charge in [-0.25, -0.2) is 9.59 Å². The average molecular weight is 685 g/mol. The van der Waals surface area contributed by atoms with Crippen molar-refractivity contribution in [1.82, 2.24) is 15.5 Å². The number of aliphatic imine (C=N–C) groups is 2. The molecule has 49 heavy (non-hydrogen) atoms. The van der Waals surface area contributed by atoms with Gasteiger partial charge in [0.15, 0.2) is 11.9 Å². The van der Waals surface area contributed by atoms with Crippen molar-refractivity contribution >= 4 is 52.4 Å². The predicted molar refractivity (Wildman–Crippen MR) is 185 cm³/mol. The minimum absolute atomic E-state index is 0.117. The Bertz CT molecular complexity index is 1620. The molecular formula is C32H48N10O7. The number of ether oxygens (including phenoxy) is 1. The van der Waals surface area contributed by atoms with Crippen LogP contribution in [-0.4, -0.2) is 84.0 Å². The van der Waals surface area contributed by atoms with Gasteiger partial charge in [0.05, 0.1) is 0 Å². The number of likely N-dealkylation sites (tertiary alicyclic amines) is 1. The van der Waals surface area contributed by atoms with E-state index in [-0.39, 0.29) is 43.4 Å². The van der Waals surface area contributed by atoms with Crippen molar-refractivity contribution in [3.63, 3.8) is 0 Å². The van der Waals surface area contributed by atoms with Gasteiger partial charge in [-0.05, 0) is 83.9 Å². The van der Waals surface area contributed by atoms with Crippen molar-refractivity contribution in [1.29, 1.82) is 0 Å². The van der Waals surface area contributed by atoms with Gasteiger partial charge in [-0.3, -0.25) is 29.3 Å². The van der Waals surface area contributed by atoms with Gasteiger partial charge in [0.2, 0.25) is 17.7 Å². The fourth-order valence-corrected chi connectivity index (χ4v) is 5.30. The summed E-state index contributed by atoms with van der Waals surface area (Å²) in [5.74, 6) is -1.97. The van der Waals surface area contributed by atoms with Gasteiger partial charge >= 0.3 is 11.7 Å². The molecular weight excluding hydrogens is 636 g/mol. The molecule has 1 fully saturated rings. The molecule has 0 bridgehead atoms. The van der Waals surface area contributed by atoms with Crippen LogP contribution in [0.4, 0.5) is 10.5 Å². The maximum atomic E-state index is 13.8. The maximum Gasteiger partial charge on any atom is 0.410 e. The smallest absolute Gasteiger partial charge is 0.410 e. The van der Waals surface area contributed by atoms with Crippen LogP contribution < -0.4 is 44.5 Å². The first kappa shape index (κ1) is 38.1.